The van der Waals surface area contributed by atoms with E-state index >= 15 is 0 Å². The van der Waals surface area contributed by atoms with Gasteiger partial charge in [0.15, 0.2) is 5.78 Å². The molecule has 1 aliphatic heterocycles. The van der Waals surface area contributed by atoms with Crippen molar-refractivity contribution in [2.45, 2.75) is 19.4 Å². The van der Waals surface area contributed by atoms with Gasteiger partial charge < -0.3 is 4.90 Å². The highest BCUT2D eigenvalue weighted by Gasteiger charge is 2.21. The summed E-state index contributed by atoms with van der Waals surface area (Å²) in [4.78, 5) is 32.4. The average molecular weight is 359 g/mol. The molecule has 3 rings (SSSR count). The van der Waals surface area contributed by atoms with Crippen LogP contribution in [0.25, 0.3) is 0 Å². The van der Waals surface area contributed by atoms with E-state index in [0.717, 1.165) is 26.2 Å². The fraction of sp³-hybridized carbons (Fsp3) is 0.444. The van der Waals surface area contributed by atoms with Gasteiger partial charge in [0.25, 0.3) is 0 Å². The van der Waals surface area contributed by atoms with Crippen molar-refractivity contribution in [1.29, 1.82) is 0 Å². The average Bonchev–Trinajstić information content (AvgIpc) is 3.19. The lowest BCUT2D eigenvalue weighted by Gasteiger charge is -2.34. The predicted molar refractivity (Wildman–Crippen MR) is 93.0 cm³/mol. The molecule has 1 saturated heterocycles. The van der Waals surface area contributed by atoms with Crippen LogP contribution in [0.15, 0.2) is 36.9 Å². The summed E-state index contributed by atoms with van der Waals surface area (Å²) in [7, 11) is 0. The van der Waals surface area contributed by atoms with Crippen LogP contribution >= 0.6 is 0 Å². The van der Waals surface area contributed by atoms with Gasteiger partial charge in [0, 0.05) is 51.1 Å². The van der Waals surface area contributed by atoms with Crippen molar-refractivity contribution in [3.63, 3.8) is 0 Å². The third-order valence-corrected chi connectivity index (χ3v) is 4.57. The van der Waals surface area contributed by atoms with Crippen molar-refractivity contribution in [3.05, 3.63) is 48.3 Å². The third-order valence-electron chi connectivity index (χ3n) is 4.57. The van der Waals surface area contributed by atoms with Crippen molar-refractivity contribution >= 4 is 11.7 Å². The van der Waals surface area contributed by atoms with Crippen molar-refractivity contribution in [1.82, 2.24) is 24.6 Å². The molecule has 0 saturated carbocycles. The van der Waals surface area contributed by atoms with E-state index in [1.165, 1.54) is 30.6 Å². The van der Waals surface area contributed by atoms with Gasteiger partial charge in [-0.1, -0.05) is 0 Å². The lowest BCUT2D eigenvalue weighted by Crippen LogP contribution is -2.49. The number of hydrogen-bond acceptors (Lipinski definition) is 5. The molecular weight excluding hydrogens is 337 g/mol. The van der Waals surface area contributed by atoms with Crippen LogP contribution in [-0.2, 0) is 11.3 Å². The molecule has 0 bridgehead atoms. The van der Waals surface area contributed by atoms with E-state index in [-0.39, 0.29) is 30.3 Å². The highest BCUT2D eigenvalue weighted by Crippen LogP contribution is 2.10. The number of carbonyl (C=O) groups is 2. The van der Waals surface area contributed by atoms with E-state index < -0.39 is 0 Å². The minimum Gasteiger partial charge on any atom is -0.340 e. The van der Waals surface area contributed by atoms with E-state index in [1.807, 2.05) is 4.90 Å². The number of amides is 1. The highest BCUT2D eigenvalue weighted by atomic mass is 19.1. The first-order chi connectivity index (χ1) is 12.6. The molecule has 1 fully saturated rings. The number of piperazine rings is 1. The van der Waals surface area contributed by atoms with Gasteiger partial charge in [0.05, 0.1) is 6.54 Å². The summed E-state index contributed by atoms with van der Waals surface area (Å²) in [5, 5.41) is 4.08. The molecule has 0 unspecified atom stereocenters. The van der Waals surface area contributed by atoms with Crippen LogP contribution in [0.5, 0.6) is 0 Å². The van der Waals surface area contributed by atoms with Crippen molar-refractivity contribution in [2.75, 3.05) is 32.7 Å². The van der Waals surface area contributed by atoms with Gasteiger partial charge in [-0.15, -0.1) is 0 Å². The Kier molecular flexibility index (Phi) is 6.06. The standard InChI is InChI=1S/C18H22FN5O2/c19-16-3-1-15(2-4-16)17(25)5-6-18(26)23-10-7-22(8-11-23)9-12-24-14-20-13-21-24/h1-4,13-14H,5-12H2. The fourth-order valence-corrected chi connectivity index (χ4v) is 2.97. The number of nitrogens with zero attached hydrogens (tertiary/aromatic N) is 5. The number of aromatic nitrogens is 3. The zero-order valence-electron chi connectivity index (χ0n) is 14.6. The third kappa shape index (κ3) is 4.95. The van der Waals surface area contributed by atoms with Crippen LogP contribution in [0.2, 0.25) is 0 Å². The number of halogens is 1. The lowest BCUT2D eigenvalue weighted by molar-refractivity contribution is -0.132. The van der Waals surface area contributed by atoms with Gasteiger partial charge in [0.1, 0.15) is 18.5 Å². The molecule has 0 atom stereocenters. The second-order valence-corrected chi connectivity index (χ2v) is 6.31. The monoisotopic (exact) mass is 359 g/mol. The first-order valence-electron chi connectivity index (χ1n) is 8.73. The minimum atomic E-state index is -0.376. The maximum atomic E-state index is 12.9. The van der Waals surface area contributed by atoms with Gasteiger partial charge in [0.2, 0.25) is 5.91 Å². The zero-order valence-corrected chi connectivity index (χ0v) is 14.6. The van der Waals surface area contributed by atoms with Crippen molar-refractivity contribution in [3.8, 4) is 0 Å². The van der Waals surface area contributed by atoms with Gasteiger partial charge in [-0.3, -0.25) is 19.2 Å². The molecule has 26 heavy (non-hydrogen) atoms. The van der Waals surface area contributed by atoms with Crippen LogP contribution in [0.4, 0.5) is 4.39 Å². The van der Waals surface area contributed by atoms with E-state index in [1.54, 1.807) is 11.0 Å². The molecule has 0 aliphatic carbocycles. The first-order valence-corrected chi connectivity index (χ1v) is 8.73. The van der Waals surface area contributed by atoms with Gasteiger partial charge in [-0.05, 0) is 24.3 Å². The van der Waals surface area contributed by atoms with Crippen LogP contribution < -0.4 is 0 Å². The highest BCUT2D eigenvalue weighted by molar-refractivity contribution is 5.97. The van der Waals surface area contributed by atoms with Crippen molar-refractivity contribution in [2.24, 2.45) is 0 Å². The second kappa shape index (κ2) is 8.66. The second-order valence-electron chi connectivity index (χ2n) is 6.31. The Morgan fingerprint density at radius 1 is 1.00 bits per heavy atom. The molecule has 0 spiro atoms. The quantitative estimate of drug-likeness (QED) is 0.695. The summed E-state index contributed by atoms with van der Waals surface area (Å²) in [6.45, 7) is 4.61. The molecule has 138 valence electrons. The lowest BCUT2D eigenvalue weighted by atomic mass is 10.1. The number of rotatable bonds is 7. The smallest absolute Gasteiger partial charge is 0.223 e. The molecule has 0 radical (unpaired) electrons. The Balaban J connectivity index is 1.38. The number of benzene rings is 1. The van der Waals surface area contributed by atoms with Gasteiger partial charge in [-0.25, -0.2) is 9.37 Å². The van der Waals surface area contributed by atoms with E-state index in [4.69, 9.17) is 0 Å². The maximum absolute atomic E-state index is 12.9. The molecule has 1 amide bonds. The largest absolute Gasteiger partial charge is 0.340 e. The number of ketones is 1. The SMILES string of the molecule is O=C(CCC(=O)N1CCN(CCn2cncn2)CC1)c1ccc(F)cc1. The Bertz CT molecular complexity index is 725. The topological polar surface area (TPSA) is 71.3 Å². The number of Topliss-reactive ketones (excluding diaryl/α,β-unsaturated/α-hetero) is 1. The zero-order chi connectivity index (χ0) is 18.4. The molecular formula is C18H22FN5O2. The summed E-state index contributed by atoms with van der Waals surface area (Å²) >= 11 is 0. The van der Waals surface area contributed by atoms with E-state index in [2.05, 4.69) is 15.0 Å². The summed E-state index contributed by atoms with van der Waals surface area (Å²) in [6.07, 6.45) is 3.55. The van der Waals surface area contributed by atoms with E-state index in [0.29, 0.717) is 18.7 Å². The summed E-state index contributed by atoms with van der Waals surface area (Å²) in [6, 6.07) is 5.42. The van der Waals surface area contributed by atoms with Gasteiger partial charge in [-0.2, -0.15) is 5.10 Å². The normalized spacial score (nSPS) is 15.2. The number of carbonyl (C=O) groups excluding carboxylic acids is 2. The molecule has 1 aliphatic rings. The summed E-state index contributed by atoms with van der Waals surface area (Å²) < 4.78 is 14.7. The predicted octanol–water partition coefficient (Wildman–Crippen LogP) is 1.22. The molecule has 2 aromatic rings. The van der Waals surface area contributed by atoms with Crippen LogP contribution in [-0.4, -0.2) is 69.0 Å². The molecule has 8 heteroatoms. The van der Waals surface area contributed by atoms with Crippen molar-refractivity contribution < 1.29 is 14.0 Å². The molecule has 0 N–H and O–H groups in total. The Labute approximate surface area is 151 Å². The first kappa shape index (κ1) is 18.2. The Hall–Kier alpha value is -2.61. The molecule has 1 aromatic heterocycles. The summed E-state index contributed by atoms with van der Waals surface area (Å²) in [5.41, 5.74) is 0.442. The molecule has 1 aromatic carbocycles. The Morgan fingerprint density at radius 3 is 2.38 bits per heavy atom. The Morgan fingerprint density at radius 2 is 1.73 bits per heavy atom. The fourth-order valence-electron chi connectivity index (χ4n) is 2.97. The van der Waals surface area contributed by atoms with Gasteiger partial charge >= 0.3 is 0 Å². The maximum Gasteiger partial charge on any atom is 0.223 e. The molecule has 2 heterocycles. The summed E-state index contributed by atoms with van der Waals surface area (Å²) in [5.74, 6) is -0.513. The minimum absolute atomic E-state index is 0.00334. The van der Waals surface area contributed by atoms with Crippen LogP contribution in [0.1, 0.15) is 23.2 Å². The van der Waals surface area contributed by atoms with Crippen LogP contribution in [0, 0.1) is 5.82 Å². The van der Waals surface area contributed by atoms with Crippen LogP contribution in [0.3, 0.4) is 0 Å². The van der Waals surface area contributed by atoms with E-state index in [9.17, 15) is 14.0 Å². The number of hydrogen-bond donors (Lipinski definition) is 0. The molecule has 7 nitrogen and oxygen atoms in total.